The van der Waals surface area contributed by atoms with Crippen LogP contribution in [0.1, 0.15) is 36.3 Å². The summed E-state index contributed by atoms with van der Waals surface area (Å²) in [5.41, 5.74) is 2.38. The highest BCUT2D eigenvalue weighted by Gasteiger charge is 2.18. The predicted octanol–water partition coefficient (Wildman–Crippen LogP) is 2.51. The van der Waals surface area contributed by atoms with E-state index in [9.17, 15) is 0 Å². The Morgan fingerprint density at radius 2 is 2.19 bits per heavy atom. The molecular formula is C16H24N4O. The second-order valence-corrected chi connectivity index (χ2v) is 5.19. The van der Waals surface area contributed by atoms with Crippen LogP contribution in [0.2, 0.25) is 0 Å². The summed E-state index contributed by atoms with van der Waals surface area (Å²) >= 11 is 0. The monoisotopic (exact) mass is 288 g/mol. The normalized spacial score (nSPS) is 12.4. The summed E-state index contributed by atoms with van der Waals surface area (Å²) in [4.78, 5) is 4.40. The van der Waals surface area contributed by atoms with Gasteiger partial charge in [0.25, 0.3) is 0 Å². The Bertz CT molecular complexity index is 579. The zero-order valence-corrected chi connectivity index (χ0v) is 13.3. The van der Waals surface area contributed by atoms with Crippen LogP contribution in [0.5, 0.6) is 5.75 Å². The van der Waals surface area contributed by atoms with Gasteiger partial charge in [-0.05, 0) is 26.5 Å². The zero-order chi connectivity index (χ0) is 15.2. The number of benzene rings is 1. The van der Waals surface area contributed by atoms with Gasteiger partial charge in [0, 0.05) is 24.6 Å². The van der Waals surface area contributed by atoms with Gasteiger partial charge in [0.15, 0.2) is 0 Å². The number of rotatable bonds is 7. The number of aromatic nitrogens is 3. The van der Waals surface area contributed by atoms with Crippen LogP contribution in [-0.2, 0) is 13.0 Å². The van der Waals surface area contributed by atoms with Crippen LogP contribution in [0.3, 0.4) is 0 Å². The highest BCUT2D eigenvalue weighted by atomic mass is 16.5. The Morgan fingerprint density at radius 1 is 1.38 bits per heavy atom. The van der Waals surface area contributed by atoms with Gasteiger partial charge in [-0.3, -0.25) is 4.68 Å². The Kier molecular flexibility index (Phi) is 5.33. The molecule has 0 radical (unpaired) electrons. The van der Waals surface area contributed by atoms with Crippen molar-refractivity contribution in [2.45, 2.75) is 39.3 Å². The summed E-state index contributed by atoms with van der Waals surface area (Å²) in [5.74, 6) is 1.90. The summed E-state index contributed by atoms with van der Waals surface area (Å²) in [6, 6.07) is 6.40. The Hall–Kier alpha value is -1.88. The zero-order valence-electron chi connectivity index (χ0n) is 13.3. The first-order valence-corrected chi connectivity index (χ1v) is 7.38. The number of methoxy groups -OCH3 is 1. The molecule has 5 heteroatoms. The Balaban J connectivity index is 2.27. The van der Waals surface area contributed by atoms with Crippen molar-refractivity contribution >= 4 is 0 Å². The van der Waals surface area contributed by atoms with Gasteiger partial charge in [-0.1, -0.05) is 24.6 Å². The third-order valence-corrected chi connectivity index (χ3v) is 3.63. The highest BCUT2D eigenvalue weighted by molar-refractivity contribution is 5.39. The van der Waals surface area contributed by atoms with Crippen molar-refractivity contribution in [3.05, 3.63) is 41.5 Å². The minimum Gasteiger partial charge on any atom is -0.496 e. The van der Waals surface area contributed by atoms with Gasteiger partial charge in [0.2, 0.25) is 0 Å². The van der Waals surface area contributed by atoms with Gasteiger partial charge in [-0.2, -0.15) is 5.10 Å². The number of hydrogen-bond donors (Lipinski definition) is 1. The fourth-order valence-corrected chi connectivity index (χ4v) is 2.52. The summed E-state index contributed by atoms with van der Waals surface area (Å²) in [6.45, 7) is 5.14. The van der Waals surface area contributed by atoms with Crippen molar-refractivity contribution in [2.75, 3.05) is 14.2 Å². The maximum Gasteiger partial charge on any atom is 0.138 e. The number of aryl methyl sites for hydroxylation is 2. The second kappa shape index (κ2) is 7.22. The molecule has 114 valence electrons. The van der Waals surface area contributed by atoms with Crippen molar-refractivity contribution in [1.82, 2.24) is 20.1 Å². The Labute approximate surface area is 126 Å². The third kappa shape index (κ3) is 3.61. The van der Waals surface area contributed by atoms with Gasteiger partial charge in [0.05, 0.1) is 7.11 Å². The molecule has 0 aliphatic carbocycles. The molecule has 1 N–H and O–H groups in total. The van der Waals surface area contributed by atoms with E-state index >= 15 is 0 Å². The standard InChI is InChI=1S/C16H24N4O/c1-5-8-20-16(18-11-19-20)10-14(17-3)13-9-12(2)6-7-15(13)21-4/h6-7,9,11,14,17H,5,8,10H2,1-4H3. The maximum absolute atomic E-state index is 5.50. The number of nitrogens with one attached hydrogen (secondary N) is 1. The summed E-state index contributed by atoms with van der Waals surface area (Å²) in [5, 5.41) is 7.66. The van der Waals surface area contributed by atoms with Crippen LogP contribution in [0.25, 0.3) is 0 Å². The van der Waals surface area contributed by atoms with Crippen LogP contribution in [0, 0.1) is 6.92 Å². The van der Waals surface area contributed by atoms with E-state index in [0.717, 1.165) is 36.5 Å². The first-order valence-electron chi connectivity index (χ1n) is 7.38. The summed E-state index contributed by atoms with van der Waals surface area (Å²) in [7, 11) is 3.67. The van der Waals surface area contributed by atoms with E-state index in [-0.39, 0.29) is 6.04 Å². The van der Waals surface area contributed by atoms with Crippen LogP contribution >= 0.6 is 0 Å². The molecule has 0 saturated carbocycles. The van der Waals surface area contributed by atoms with Crippen LogP contribution < -0.4 is 10.1 Å². The van der Waals surface area contributed by atoms with Crippen molar-refractivity contribution in [3.8, 4) is 5.75 Å². The molecule has 1 aromatic carbocycles. The number of hydrogen-bond acceptors (Lipinski definition) is 4. The minimum atomic E-state index is 0.152. The van der Waals surface area contributed by atoms with E-state index in [0.29, 0.717) is 0 Å². The van der Waals surface area contributed by atoms with E-state index in [1.807, 2.05) is 17.8 Å². The molecule has 21 heavy (non-hydrogen) atoms. The third-order valence-electron chi connectivity index (χ3n) is 3.63. The number of likely N-dealkylation sites (N-methyl/N-ethyl adjacent to an activating group) is 1. The quantitative estimate of drug-likeness (QED) is 0.850. The van der Waals surface area contributed by atoms with Crippen LogP contribution in [-0.4, -0.2) is 28.9 Å². The molecule has 1 unspecified atom stereocenters. The molecule has 0 amide bonds. The first kappa shape index (κ1) is 15.5. The highest BCUT2D eigenvalue weighted by Crippen LogP contribution is 2.28. The van der Waals surface area contributed by atoms with E-state index in [4.69, 9.17) is 4.74 Å². The minimum absolute atomic E-state index is 0.152. The predicted molar refractivity (Wildman–Crippen MR) is 83.5 cm³/mol. The molecule has 1 atom stereocenters. The molecule has 0 saturated heterocycles. The molecular weight excluding hydrogens is 264 g/mol. The SMILES string of the molecule is CCCn1ncnc1CC(NC)c1cc(C)ccc1OC. The van der Waals surface area contributed by atoms with Gasteiger partial charge in [0.1, 0.15) is 17.9 Å². The van der Waals surface area contributed by atoms with Crippen molar-refractivity contribution in [2.24, 2.45) is 0 Å². The molecule has 0 spiro atoms. The second-order valence-electron chi connectivity index (χ2n) is 5.19. The lowest BCUT2D eigenvalue weighted by atomic mass is 10.00. The van der Waals surface area contributed by atoms with Crippen molar-refractivity contribution in [3.63, 3.8) is 0 Å². The van der Waals surface area contributed by atoms with E-state index in [1.54, 1.807) is 13.4 Å². The number of nitrogens with zero attached hydrogens (tertiary/aromatic N) is 3. The average Bonchev–Trinajstić information content (AvgIpc) is 2.92. The summed E-state index contributed by atoms with van der Waals surface area (Å²) in [6.07, 6.45) is 3.47. The molecule has 2 rings (SSSR count). The fourth-order valence-electron chi connectivity index (χ4n) is 2.52. The molecule has 1 heterocycles. The largest absolute Gasteiger partial charge is 0.496 e. The van der Waals surface area contributed by atoms with Crippen LogP contribution in [0.15, 0.2) is 24.5 Å². The average molecular weight is 288 g/mol. The molecule has 0 fully saturated rings. The molecule has 0 aliphatic heterocycles. The molecule has 0 aliphatic rings. The van der Waals surface area contributed by atoms with Crippen LogP contribution in [0.4, 0.5) is 0 Å². The van der Waals surface area contributed by atoms with E-state index in [2.05, 4.69) is 41.4 Å². The molecule has 2 aromatic rings. The Morgan fingerprint density at radius 3 is 2.86 bits per heavy atom. The van der Waals surface area contributed by atoms with Gasteiger partial charge in [-0.25, -0.2) is 4.98 Å². The smallest absolute Gasteiger partial charge is 0.138 e. The fraction of sp³-hybridized carbons (Fsp3) is 0.500. The van der Waals surface area contributed by atoms with E-state index < -0.39 is 0 Å². The van der Waals surface area contributed by atoms with Crippen molar-refractivity contribution < 1.29 is 4.74 Å². The summed E-state index contributed by atoms with van der Waals surface area (Å²) < 4.78 is 7.48. The lowest BCUT2D eigenvalue weighted by Crippen LogP contribution is -2.22. The van der Waals surface area contributed by atoms with E-state index in [1.165, 1.54) is 5.56 Å². The van der Waals surface area contributed by atoms with Gasteiger partial charge < -0.3 is 10.1 Å². The molecule has 0 bridgehead atoms. The first-order chi connectivity index (χ1) is 10.2. The molecule has 1 aromatic heterocycles. The van der Waals surface area contributed by atoms with Gasteiger partial charge in [-0.15, -0.1) is 0 Å². The molecule has 5 nitrogen and oxygen atoms in total. The lowest BCUT2D eigenvalue weighted by Gasteiger charge is -2.20. The van der Waals surface area contributed by atoms with Crippen molar-refractivity contribution in [1.29, 1.82) is 0 Å². The maximum atomic E-state index is 5.50. The lowest BCUT2D eigenvalue weighted by molar-refractivity contribution is 0.399. The van der Waals surface area contributed by atoms with Gasteiger partial charge >= 0.3 is 0 Å². The topological polar surface area (TPSA) is 52.0 Å². The number of ether oxygens (including phenoxy) is 1.